The fourth-order valence-corrected chi connectivity index (χ4v) is 1.09. The molecule has 0 bridgehead atoms. The lowest BCUT2D eigenvalue weighted by Gasteiger charge is -2.36. The molecule has 1 heterocycles. The topological polar surface area (TPSA) is 18.5 Å². The molecule has 0 spiro atoms. The summed E-state index contributed by atoms with van der Waals surface area (Å²) in [5, 5.41) is 0. The van der Waals surface area contributed by atoms with E-state index in [9.17, 15) is 0 Å². The Morgan fingerprint density at radius 2 is 2.00 bits per heavy atom. The third kappa shape index (κ3) is 2.46. The lowest BCUT2D eigenvalue weighted by atomic mass is 10.0. The van der Waals surface area contributed by atoms with Gasteiger partial charge in [0.2, 0.25) is 0 Å². The van der Waals surface area contributed by atoms with Crippen molar-refractivity contribution in [1.29, 1.82) is 0 Å². The zero-order chi connectivity index (χ0) is 8.48. The molecule has 0 aliphatic carbocycles. The minimum Gasteiger partial charge on any atom is -0.373 e. The molecule has 1 aliphatic heterocycles. The smallest absolute Gasteiger partial charge is 0.0860 e. The molecule has 0 saturated carbocycles. The molecule has 0 amide bonds. The molecule has 1 fully saturated rings. The van der Waals surface area contributed by atoms with Crippen LogP contribution in [0.15, 0.2) is 0 Å². The van der Waals surface area contributed by atoms with Gasteiger partial charge in [0.1, 0.15) is 0 Å². The van der Waals surface area contributed by atoms with E-state index >= 15 is 0 Å². The van der Waals surface area contributed by atoms with Gasteiger partial charge in [-0.25, -0.2) is 0 Å². The second kappa shape index (κ2) is 3.11. The van der Waals surface area contributed by atoms with Crippen molar-refractivity contribution in [1.82, 2.24) is 0 Å². The van der Waals surface area contributed by atoms with Crippen molar-refractivity contribution in [2.45, 2.75) is 39.4 Å². The third-order valence-corrected chi connectivity index (χ3v) is 2.03. The van der Waals surface area contributed by atoms with Crippen molar-refractivity contribution in [3.05, 3.63) is 0 Å². The summed E-state index contributed by atoms with van der Waals surface area (Å²) in [6.07, 6.45) is 0.294. The maximum atomic E-state index is 5.63. The first kappa shape index (κ1) is 9.01. The van der Waals surface area contributed by atoms with Gasteiger partial charge in [-0.2, -0.15) is 0 Å². The van der Waals surface area contributed by atoms with E-state index in [1.54, 1.807) is 0 Å². The average Bonchev–Trinajstić information content (AvgIpc) is 1.86. The molecule has 1 atom stereocenters. The van der Waals surface area contributed by atoms with Gasteiger partial charge in [0.05, 0.1) is 24.9 Å². The fraction of sp³-hybridized carbons (Fsp3) is 1.00. The predicted octanol–water partition coefficient (Wildman–Crippen LogP) is 1.84. The molecule has 0 aromatic rings. The Labute approximate surface area is 68.9 Å². The van der Waals surface area contributed by atoms with E-state index in [0.717, 1.165) is 13.2 Å². The quantitative estimate of drug-likeness (QED) is 0.579. The molecule has 0 radical (unpaired) electrons. The summed E-state index contributed by atoms with van der Waals surface area (Å²) in [4.78, 5) is 0. The molecule has 0 aromatic carbocycles. The fourth-order valence-electron chi connectivity index (χ4n) is 1.09. The molecule has 1 rings (SSSR count). The van der Waals surface area contributed by atoms with Crippen LogP contribution in [0.2, 0.25) is 0 Å². The van der Waals surface area contributed by atoms with Gasteiger partial charge < -0.3 is 9.47 Å². The van der Waals surface area contributed by atoms with Gasteiger partial charge in [0, 0.05) is 0 Å². The monoisotopic (exact) mass is 158 g/mol. The van der Waals surface area contributed by atoms with Crippen LogP contribution in [-0.2, 0) is 9.47 Å². The Morgan fingerprint density at radius 3 is 2.36 bits per heavy atom. The number of rotatable bonds is 1. The Morgan fingerprint density at radius 1 is 1.36 bits per heavy atom. The highest BCUT2D eigenvalue weighted by Crippen LogP contribution is 2.20. The highest BCUT2D eigenvalue weighted by molar-refractivity contribution is 4.76. The standard InChI is InChI=1S/C9H18O2/c1-7(2)8-5-11-9(3,4)6-10-8/h7-8H,5-6H2,1-4H3/t8-/m0/s1. The van der Waals surface area contributed by atoms with Crippen LogP contribution in [0.1, 0.15) is 27.7 Å². The highest BCUT2D eigenvalue weighted by atomic mass is 16.6. The molecular weight excluding hydrogens is 140 g/mol. The van der Waals surface area contributed by atoms with Crippen LogP contribution in [0, 0.1) is 5.92 Å². The van der Waals surface area contributed by atoms with Gasteiger partial charge in [-0.1, -0.05) is 13.8 Å². The molecule has 0 unspecified atom stereocenters. The minimum absolute atomic E-state index is 0.0780. The van der Waals surface area contributed by atoms with Gasteiger partial charge >= 0.3 is 0 Å². The zero-order valence-corrected chi connectivity index (χ0v) is 7.89. The minimum atomic E-state index is -0.0780. The van der Waals surface area contributed by atoms with Crippen molar-refractivity contribution in [2.75, 3.05) is 13.2 Å². The summed E-state index contributed by atoms with van der Waals surface area (Å²) in [5.74, 6) is 0.561. The number of hydrogen-bond donors (Lipinski definition) is 0. The summed E-state index contributed by atoms with van der Waals surface area (Å²) in [6, 6.07) is 0. The summed E-state index contributed by atoms with van der Waals surface area (Å²) in [5.41, 5.74) is -0.0780. The molecule has 2 heteroatoms. The van der Waals surface area contributed by atoms with Crippen molar-refractivity contribution < 1.29 is 9.47 Å². The molecule has 1 aliphatic rings. The molecule has 1 saturated heterocycles. The lowest BCUT2D eigenvalue weighted by Crippen LogP contribution is -2.44. The van der Waals surface area contributed by atoms with Crippen molar-refractivity contribution in [3.63, 3.8) is 0 Å². The Hall–Kier alpha value is -0.0800. The molecule has 0 N–H and O–H groups in total. The summed E-state index contributed by atoms with van der Waals surface area (Å²) < 4.78 is 11.2. The summed E-state index contributed by atoms with van der Waals surface area (Å²) >= 11 is 0. The first-order valence-electron chi connectivity index (χ1n) is 4.27. The Bertz CT molecular complexity index is 120. The van der Waals surface area contributed by atoms with E-state index in [0.29, 0.717) is 12.0 Å². The maximum Gasteiger partial charge on any atom is 0.0860 e. The first-order valence-corrected chi connectivity index (χ1v) is 4.27. The van der Waals surface area contributed by atoms with E-state index in [2.05, 4.69) is 27.7 Å². The summed E-state index contributed by atoms with van der Waals surface area (Å²) in [7, 11) is 0. The van der Waals surface area contributed by atoms with Crippen molar-refractivity contribution >= 4 is 0 Å². The van der Waals surface area contributed by atoms with Gasteiger partial charge in [-0.15, -0.1) is 0 Å². The van der Waals surface area contributed by atoms with Gasteiger partial charge in [-0.05, 0) is 19.8 Å². The van der Waals surface area contributed by atoms with Crippen LogP contribution in [0.3, 0.4) is 0 Å². The second-order valence-corrected chi connectivity index (χ2v) is 4.16. The normalized spacial score (nSPS) is 30.8. The summed E-state index contributed by atoms with van der Waals surface area (Å²) in [6.45, 7) is 9.90. The van der Waals surface area contributed by atoms with Crippen LogP contribution in [-0.4, -0.2) is 24.9 Å². The maximum absolute atomic E-state index is 5.63. The predicted molar refractivity (Wildman–Crippen MR) is 44.6 cm³/mol. The molecule has 2 nitrogen and oxygen atoms in total. The first-order chi connectivity index (χ1) is 5.01. The molecule has 11 heavy (non-hydrogen) atoms. The van der Waals surface area contributed by atoms with Gasteiger partial charge in [0.15, 0.2) is 0 Å². The van der Waals surface area contributed by atoms with E-state index in [4.69, 9.17) is 9.47 Å². The number of hydrogen-bond acceptors (Lipinski definition) is 2. The Balaban J connectivity index is 2.36. The van der Waals surface area contributed by atoms with Gasteiger partial charge in [0.25, 0.3) is 0 Å². The SMILES string of the molecule is CC(C)[C@@H]1COC(C)(C)CO1. The zero-order valence-electron chi connectivity index (χ0n) is 7.89. The van der Waals surface area contributed by atoms with Crippen LogP contribution < -0.4 is 0 Å². The number of ether oxygens (including phenoxy) is 2. The highest BCUT2D eigenvalue weighted by Gasteiger charge is 2.29. The van der Waals surface area contributed by atoms with Crippen LogP contribution in [0.25, 0.3) is 0 Å². The van der Waals surface area contributed by atoms with E-state index in [1.165, 1.54) is 0 Å². The average molecular weight is 158 g/mol. The van der Waals surface area contributed by atoms with Crippen molar-refractivity contribution in [2.24, 2.45) is 5.92 Å². The van der Waals surface area contributed by atoms with Crippen LogP contribution in [0.4, 0.5) is 0 Å². The molecule has 66 valence electrons. The second-order valence-electron chi connectivity index (χ2n) is 4.16. The van der Waals surface area contributed by atoms with Crippen molar-refractivity contribution in [3.8, 4) is 0 Å². The Kier molecular flexibility index (Phi) is 2.55. The van der Waals surface area contributed by atoms with E-state index in [1.807, 2.05) is 0 Å². The molecule has 0 aromatic heterocycles. The van der Waals surface area contributed by atoms with Gasteiger partial charge in [-0.3, -0.25) is 0 Å². The van der Waals surface area contributed by atoms with Crippen LogP contribution in [0.5, 0.6) is 0 Å². The lowest BCUT2D eigenvalue weighted by molar-refractivity contribution is -0.185. The van der Waals surface area contributed by atoms with Crippen LogP contribution >= 0.6 is 0 Å². The van der Waals surface area contributed by atoms with E-state index < -0.39 is 0 Å². The largest absolute Gasteiger partial charge is 0.373 e. The molecular formula is C9H18O2. The van der Waals surface area contributed by atoms with E-state index in [-0.39, 0.29) is 5.60 Å². The third-order valence-electron chi connectivity index (χ3n) is 2.03.